The quantitative estimate of drug-likeness (QED) is 0.889. The van der Waals surface area contributed by atoms with Crippen molar-refractivity contribution in [1.82, 2.24) is 20.1 Å². The largest absolute Gasteiger partial charge is 0.504 e. The standard InChI is InChI=1S/C17H22N4O3/c1-4-14-19-15-6-5-11(9-21(15)20-14)18-17(23)12-7-10(2)8-13(24-3)16(12)22/h7-8,11,22H,4-6,9H2,1-3H3,(H,18,23). The molecular weight excluding hydrogens is 308 g/mol. The number of carbonyl (C=O) groups excluding carboxylic acids is 1. The molecule has 1 aromatic carbocycles. The molecule has 0 bridgehead atoms. The third kappa shape index (κ3) is 3.06. The van der Waals surface area contributed by atoms with E-state index in [-0.39, 0.29) is 23.3 Å². The number of nitrogens with zero attached hydrogens (tertiary/aromatic N) is 3. The number of phenolic OH excluding ortho intramolecular Hbond substituents is 1. The second kappa shape index (κ2) is 6.51. The predicted molar refractivity (Wildman–Crippen MR) is 88.4 cm³/mol. The van der Waals surface area contributed by atoms with Crippen molar-refractivity contribution in [2.45, 2.75) is 45.7 Å². The molecule has 0 aliphatic carbocycles. The molecule has 7 nitrogen and oxygen atoms in total. The summed E-state index contributed by atoms with van der Waals surface area (Å²) in [6, 6.07) is 3.31. The highest BCUT2D eigenvalue weighted by atomic mass is 16.5. The van der Waals surface area contributed by atoms with Crippen molar-refractivity contribution in [2.24, 2.45) is 0 Å². The van der Waals surface area contributed by atoms with Gasteiger partial charge in [-0.05, 0) is 31.0 Å². The fourth-order valence-corrected chi connectivity index (χ4v) is 2.97. The molecule has 1 aliphatic heterocycles. The van der Waals surface area contributed by atoms with Crippen molar-refractivity contribution in [3.05, 3.63) is 34.9 Å². The number of phenols is 1. The molecule has 2 heterocycles. The molecule has 0 radical (unpaired) electrons. The molecule has 1 aliphatic rings. The Bertz CT molecular complexity index is 769. The van der Waals surface area contributed by atoms with Gasteiger partial charge >= 0.3 is 0 Å². The van der Waals surface area contributed by atoms with Gasteiger partial charge in [-0.15, -0.1) is 0 Å². The van der Waals surface area contributed by atoms with Gasteiger partial charge in [-0.25, -0.2) is 9.67 Å². The predicted octanol–water partition coefficient (Wildman–Crippen LogP) is 1.61. The van der Waals surface area contributed by atoms with E-state index >= 15 is 0 Å². The molecule has 0 saturated carbocycles. The number of fused-ring (bicyclic) bond motifs is 1. The number of aromatic hydroxyl groups is 1. The third-order valence-electron chi connectivity index (χ3n) is 4.24. The number of amides is 1. The summed E-state index contributed by atoms with van der Waals surface area (Å²) >= 11 is 0. The summed E-state index contributed by atoms with van der Waals surface area (Å²) in [4.78, 5) is 17.0. The smallest absolute Gasteiger partial charge is 0.255 e. The van der Waals surface area contributed by atoms with E-state index in [1.165, 1.54) is 7.11 Å². The van der Waals surface area contributed by atoms with Gasteiger partial charge in [-0.1, -0.05) is 6.92 Å². The molecule has 7 heteroatoms. The van der Waals surface area contributed by atoms with Crippen LogP contribution >= 0.6 is 0 Å². The minimum Gasteiger partial charge on any atom is -0.504 e. The van der Waals surface area contributed by atoms with Gasteiger partial charge in [-0.3, -0.25) is 4.79 Å². The number of ether oxygens (including phenoxy) is 1. The highest BCUT2D eigenvalue weighted by Crippen LogP contribution is 2.31. The summed E-state index contributed by atoms with van der Waals surface area (Å²) in [6.45, 7) is 4.47. The highest BCUT2D eigenvalue weighted by Gasteiger charge is 2.24. The summed E-state index contributed by atoms with van der Waals surface area (Å²) in [7, 11) is 1.47. The van der Waals surface area contributed by atoms with Gasteiger partial charge in [0.15, 0.2) is 17.3 Å². The Hall–Kier alpha value is -2.57. The van der Waals surface area contributed by atoms with E-state index in [1.54, 1.807) is 12.1 Å². The molecule has 1 unspecified atom stereocenters. The Morgan fingerprint density at radius 1 is 1.50 bits per heavy atom. The van der Waals surface area contributed by atoms with E-state index in [0.29, 0.717) is 12.3 Å². The molecular formula is C17H22N4O3. The number of aromatic nitrogens is 3. The second-order valence-corrected chi connectivity index (χ2v) is 6.05. The Labute approximate surface area is 140 Å². The minimum absolute atomic E-state index is 0.0395. The lowest BCUT2D eigenvalue weighted by Crippen LogP contribution is -2.41. The van der Waals surface area contributed by atoms with Crippen molar-refractivity contribution in [1.29, 1.82) is 0 Å². The van der Waals surface area contributed by atoms with Crippen LogP contribution in [0.4, 0.5) is 0 Å². The van der Waals surface area contributed by atoms with E-state index in [4.69, 9.17) is 4.74 Å². The van der Waals surface area contributed by atoms with Crippen LogP contribution in [0, 0.1) is 6.92 Å². The van der Waals surface area contributed by atoms with Gasteiger partial charge < -0.3 is 15.2 Å². The van der Waals surface area contributed by atoms with Crippen molar-refractivity contribution in [3.63, 3.8) is 0 Å². The van der Waals surface area contributed by atoms with Crippen LogP contribution in [0.2, 0.25) is 0 Å². The zero-order chi connectivity index (χ0) is 17.3. The first-order valence-corrected chi connectivity index (χ1v) is 8.12. The monoisotopic (exact) mass is 330 g/mol. The Morgan fingerprint density at radius 2 is 2.29 bits per heavy atom. The number of hydrogen-bond acceptors (Lipinski definition) is 5. The van der Waals surface area contributed by atoms with Crippen molar-refractivity contribution in [2.75, 3.05) is 7.11 Å². The molecule has 0 saturated heterocycles. The number of hydrogen-bond donors (Lipinski definition) is 2. The first-order valence-electron chi connectivity index (χ1n) is 8.12. The maximum absolute atomic E-state index is 12.6. The van der Waals surface area contributed by atoms with Crippen LogP contribution in [0.1, 0.15) is 40.9 Å². The average Bonchev–Trinajstić information content (AvgIpc) is 2.98. The van der Waals surface area contributed by atoms with Crippen LogP contribution in [-0.2, 0) is 19.4 Å². The summed E-state index contributed by atoms with van der Waals surface area (Å²) in [5.41, 5.74) is 1.08. The molecule has 0 spiro atoms. The topological polar surface area (TPSA) is 89.3 Å². The first kappa shape index (κ1) is 16.3. The maximum Gasteiger partial charge on any atom is 0.255 e. The van der Waals surface area contributed by atoms with E-state index in [1.807, 2.05) is 18.5 Å². The van der Waals surface area contributed by atoms with E-state index in [0.717, 1.165) is 36.5 Å². The fraction of sp³-hybridized carbons (Fsp3) is 0.471. The number of aryl methyl sites for hydroxylation is 3. The molecule has 2 aromatic rings. The lowest BCUT2D eigenvalue weighted by Gasteiger charge is -2.24. The van der Waals surface area contributed by atoms with Gasteiger partial charge in [0.1, 0.15) is 5.82 Å². The van der Waals surface area contributed by atoms with Crippen LogP contribution in [0.25, 0.3) is 0 Å². The van der Waals surface area contributed by atoms with Gasteiger partial charge in [0.2, 0.25) is 0 Å². The van der Waals surface area contributed by atoms with Crippen LogP contribution in [0.15, 0.2) is 12.1 Å². The minimum atomic E-state index is -0.307. The molecule has 2 N–H and O–H groups in total. The summed E-state index contributed by atoms with van der Waals surface area (Å²) in [6.07, 6.45) is 2.38. The van der Waals surface area contributed by atoms with E-state index in [9.17, 15) is 9.90 Å². The number of methoxy groups -OCH3 is 1. The SMILES string of the molecule is CCc1nc2n(n1)CC(NC(=O)c1cc(C)cc(OC)c1O)CC2. The van der Waals surface area contributed by atoms with Gasteiger partial charge in [0.25, 0.3) is 5.91 Å². The Balaban J connectivity index is 1.75. The molecule has 1 atom stereocenters. The molecule has 3 rings (SSSR count). The highest BCUT2D eigenvalue weighted by molar-refractivity contribution is 5.98. The first-order chi connectivity index (χ1) is 11.5. The Morgan fingerprint density at radius 3 is 3.00 bits per heavy atom. The van der Waals surface area contributed by atoms with Crippen molar-refractivity contribution in [3.8, 4) is 11.5 Å². The molecule has 1 amide bonds. The zero-order valence-electron chi connectivity index (χ0n) is 14.2. The average molecular weight is 330 g/mol. The normalized spacial score (nSPS) is 16.5. The summed E-state index contributed by atoms with van der Waals surface area (Å²) in [5, 5.41) is 17.6. The molecule has 24 heavy (non-hydrogen) atoms. The van der Waals surface area contributed by atoms with Gasteiger partial charge in [-0.2, -0.15) is 5.10 Å². The number of benzene rings is 1. The summed E-state index contributed by atoms with van der Waals surface area (Å²) < 4.78 is 6.98. The number of carbonyl (C=O) groups is 1. The fourth-order valence-electron chi connectivity index (χ4n) is 2.97. The van der Waals surface area contributed by atoms with Crippen LogP contribution < -0.4 is 10.1 Å². The van der Waals surface area contributed by atoms with Crippen LogP contribution in [0.5, 0.6) is 11.5 Å². The zero-order valence-corrected chi connectivity index (χ0v) is 14.2. The number of nitrogens with one attached hydrogen (secondary N) is 1. The van der Waals surface area contributed by atoms with Crippen LogP contribution in [-0.4, -0.2) is 38.9 Å². The summed E-state index contributed by atoms with van der Waals surface area (Å²) in [5.74, 6) is 1.66. The van der Waals surface area contributed by atoms with E-state index < -0.39 is 0 Å². The van der Waals surface area contributed by atoms with Gasteiger partial charge in [0.05, 0.1) is 19.2 Å². The number of rotatable bonds is 4. The molecule has 0 fully saturated rings. The second-order valence-electron chi connectivity index (χ2n) is 6.05. The Kier molecular flexibility index (Phi) is 4.42. The lowest BCUT2D eigenvalue weighted by molar-refractivity contribution is 0.0923. The molecule has 1 aromatic heterocycles. The molecule has 128 valence electrons. The maximum atomic E-state index is 12.6. The third-order valence-corrected chi connectivity index (χ3v) is 4.24. The van der Waals surface area contributed by atoms with Crippen molar-refractivity contribution >= 4 is 5.91 Å². The lowest BCUT2D eigenvalue weighted by atomic mass is 10.1. The van der Waals surface area contributed by atoms with E-state index in [2.05, 4.69) is 15.4 Å². The van der Waals surface area contributed by atoms with Crippen LogP contribution in [0.3, 0.4) is 0 Å². The van der Waals surface area contributed by atoms with Gasteiger partial charge in [0, 0.05) is 18.9 Å². The van der Waals surface area contributed by atoms with Crippen molar-refractivity contribution < 1.29 is 14.6 Å².